The predicted octanol–water partition coefficient (Wildman–Crippen LogP) is 3.84. The lowest BCUT2D eigenvalue weighted by atomic mass is 10.1. The maximum atomic E-state index is 11.2. The molecule has 6 nitrogen and oxygen atoms in total. The van der Waals surface area contributed by atoms with Crippen LogP contribution in [0.5, 0.6) is 5.75 Å². The van der Waals surface area contributed by atoms with Crippen LogP contribution in [0.4, 0.5) is 11.4 Å². The molecule has 0 saturated heterocycles. The quantitative estimate of drug-likeness (QED) is 0.651. The predicted molar refractivity (Wildman–Crippen MR) is 96.0 cm³/mol. The molecule has 0 amide bonds. The van der Waals surface area contributed by atoms with Crippen molar-refractivity contribution in [2.75, 3.05) is 5.32 Å². The van der Waals surface area contributed by atoms with Crippen molar-refractivity contribution in [1.29, 1.82) is 0 Å². The SMILES string of the molecule is CC(C)(C)Oc1cc(N[C@H]2c3ccccc3C[C@H]2O)ccc1[N+](=O)[O-]. The average Bonchev–Trinajstić information content (AvgIpc) is 2.82. The van der Waals surface area contributed by atoms with Gasteiger partial charge in [0.1, 0.15) is 5.60 Å². The number of rotatable bonds is 4. The molecule has 2 N–H and O–H groups in total. The lowest BCUT2D eigenvalue weighted by Gasteiger charge is -2.23. The summed E-state index contributed by atoms with van der Waals surface area (Å²) in [6, 6.07) is 12.3. The molecule has 1 aliphatic rings. The van der Waals surface area contributed by atoms with Crippen LogP contribution in [0.25, 0.3) is 0 Å². The molecule has 2 aromatic carbocycles. The number of ether oxygens (including phenoxy) is 1. The average molecular weight is 342 g/mol. The lowest BCUT2D eigenvalue weighted by molar-refractivity contribution is -0.386. The van der Waals surface area contributed by atoms with Gasteiger partial charge in [-0.3, -0.25) is 10.1 Å². The van der Waals surface area contributed by atoms with Crippen molar-refractivity contribution >= 4 is 11.4 Å². The summed E-state index contributed by atoms with van der Waals surface area (Å²) in [5.41, 5.74) is 2.20. The van der Waals surface area contributed by atoms with Crippen LogP contribution in [0.1, 0.15) is 37.9 Å². The molecule has 2 aromatic rings. The van der Waals surface area contributed by atoms with Gasteiger partial charge in [0.15, 0.2) is 5.75 Å². The number of aliphatic hydroxyl groups excluding tert-OH is 1. The van der Waals surface area contributed by atoms with E-state index in [0.29, 0.717) is 12.1 Å². The van der Waals surface area contributed by atoms with E-state index < -0.39 is 16.6 Å². The fourth-order valence-electron chi connectivity index (χ4n) is 3.09. The molecular formula is C19H22N2O4. The van der Waals surface area contributed by atoms with Crippen LogP contribution in [0.2, 0.25) is 0 Å². The van der Waals surface area contributed by atoms with Gasteiger partial charge in [-0.05, 0) is 38.0 Å². The Balaban J connectivity index is 1.91. The largest absolute Gasteiger partial charge is 0.481 e. The molecule has 0 heterocycles. The Bertz CT molecular complexity index is 798. The first-order valence-electron chi connectivity index (χ1n) is 8.24. The molecular weight excluding hydrogens is 320 g/mol. The van der Waals surface area contributed by atoms with E-state index in [9.17, 15) is 15.2 Å². The summed E-state index contributed by atoms with van der Waals surface area (Å²) in [5, 5.41) is 24.9. The van der Waals surface area contributed by atoms with Crippen molar-refractivity contribution in [3.8, 4) is 5.75 Å². The molecule has 0 unspecified atom stereocenters. The second-order valence-corrected chi connectivity index (χ2v) is 7.25. The Morgan fingerprint density at radius 1 is 1.24 bits per heavy atom. The number of nitro benzene ring substituents is 1. The summed E-state index contributed by atoms with van der Waals surface area (Å²) < 4.78 is 5.75. The standard InChI is InChI=1S/C19H22N2O4/c1-19(2,3)25-17-11-13(8-9-15(17)21(23)24)20-18-14-7-5-4-6-12(14)10-16(18)22/h4-9,11,16,18,20,22H,10H2,1-3H3/t16-,18+/m1/s1. The second kappa shape index (κ2) is 6.37. The van der Waals surface area contributed by atoms with Gasteiger partial charge in [-0.1, -0.05) is 24.3 Å². The smallest absolute Gasteiger partial charge is 0.311 e. The highest BCUT2D eigenvalue weighted by atomic mass is 16.6. The van der Waals surface area contributed by atoms with E-state index in [1.165, 1.54) is 6.07 Å². The topological polar surface area (TPSA) is 84.6 Å². The monoisotopic (exact) mass is 342 g/mol. The van der Waals surface area contributed by atoms with Crippen LogP contribution in [-0.4, -0.2) is 21.7 Å². The summed E-state index contributed by atoms with van der Waals surface area (Å²) in [6.07, 6.45) is 0.0474. The van der Waals surface area contributed by atoms with Crippen molar-refractivity contribution in [3.05, 3.63) is 63.7 Å². The molecule has 2 atom stereocenters. The molecule has 6 heteroatoms. The normalized spacial score (nSPS) is 19.4. The zero-order valence-electron chi connectivity index (χ0n) is 14.5. The first-order chi connectivity index (χ1) is 11.7. The van der Waals surface area contributed by atoms with Gasteiger partial charge in [-0.2, -0.15) is 0 Å². The summed E-state index contributed by atoms with van der Waals surface area (Å²) >= 11 is 0. The number of anilines is 1. The third-order valence-corrected chi connectivity index (χ3v) is 4.10. The van der Waals surface area contributed by atoms with Crippen LogP contribution in [0.15, 0.2) is 42.5 Å². The Hall–Kier alpha value is -2.60. The lowest BCUT2D eigenvalue weighted by Crippen LogP contribution is -2.24. The van der Waals surface area contributed by atoms with Crippen molar-refractivity contribution < 1.29 is 14.8 Å². The number of benzene rings is 2. The van der Waals surface area contributed by atoms with Gasteiger partial charge in [0.2, 0.25) is 0 Å². The molecule has 0 bridgehead atoms. The van der Waals surface area contributed by atoms with Crippen LogP contribution < -0.4 is 10.1 Å². The van der Waals surface area contributed by atoms with Gasteiger partial charge in [0.05, 0.1) is 17.1 Å². The van der Waals surface area contributed by atoms with E-state index in [1.807, 2.05) is 45.0 Å². The Morgan fingerprint density at radius 3 is 2.64 bits per heavy atom. The Kier molecular flexibility index (Phi) is 4.39. The number of nitro groups is 1. The Morgan fingerprint density at radius 2 is 1.96 bits per heavy atom. The van der Waals surface area contributed by atoms with Crippen molar-refractivity contribution in [3.63, 3.8) is 0 Å². The van der Waals surface area contributed by atoms with E-state index in [2.05, 4.69) is 5.32 Å². The molecule has 1 aliphatic carbocycles. The number of nitrogens with one attached hydrogen (secondary N) is 1. The minimum atomic E-state index is -0.553. The van der Waals surface area contributed by atoms with Gasteiger partial charge in [-0.15, -0.1) is 0 Å². The first-order valence-corrected chi connectivity index (χ1v) is 8.24. The second-order valence-electron chi connectivity index (χ2n) is 7.25. The fourth-order valence-corrected chi connectivity index (χ4v) is 3.09. The van der Waals surface area contributed by atoms with Crippen LogP contribution in [-0.2, 0) is 6.42 Å². The number of fused-ring (bicyclic) bond motifs is 1. The summed E-state index contributed by atoms with van der Waals surface area (Å²) in [6.45, 7) is 5.52. The van der Waals surface area contributed by atoms with Gasteiger partial charge in [-0.25, -0.2) is 0 Å². The number of aliphatic hydroxyl groups is 1. The van der Waals surface area contributed by atoms with E-state index >= 15 is 0 Å². The molecule has 0 aromatic heterocycles. The van der Waals surface area contributed by atoms with Gasteiger partial charge >= 0.3 is 5.69 Å². The summed E-state index contributed by atoms with van der Waals surface area (Å²) in [7, 11) is 0. The van der Waals surface area contributed by atoms with Gasteiger partial charge in [0.25, 0.3) is 0 Å². The van der Waals surface area contributed by atoms with Crippen LogP contribution in [0, 0.1) is 10.1 Å². The van der Waals surface area contributed by atoms with Crippen molar-refractivity contribution in [2.45, 2.75) is 44.9 Å². The first kappa shape index (κ1) is 17.2. The van der Waals surface area contributed by atoms with E-state index in [1.54, 1.807) is 12.1 Å². The molecule has 0 fully saturated rings. The highest BCUT2D eigenvalue weighted by Crippen LogP contribution is 2.37. The molecule has 132 valence electrons. The zero-order valence-corrected chi connectivity index (χ0v) is 14.5. The van der Waals surface area contributed by atoms with Crippen LogP contribution in [0.3, 0.4) is 0 Å². The molecule has 3 rings (SSSR count). The Labute approximate surface area is 146 Å². The maximum Gasteiger partial charge on any atom is 0.311 e. The minimum Gasteiger partial charge on any atom is -0.481 e. The summed E-state index contributed by atoms with van der Waals surface area (Å²) in [5.74, 6) is 0.211. The van der Waals surface area contributed by atoms with Gasteiger partial charge in [0, 0.05) is 24.2 Å². The fraction of sp³-hybridized carbons (Fsp3) is 0.368. The molecule has 0 radical (unpaired) electrons. The van der Waals surface area contributed by atoms with Crippen molar-refractivity contribution in [1.82, 2.24) is 0 Å². The molecule has 0 spiro atoms. The maximum absolute atomic E-state index is 11.2. The third kappa shape index (κ3) is 3.74. The third-order valence-electron chi connectivity index (χ3n) is 4.10. The molecule has 0 aliphatic heterocycles. The summed E-state index contributed by atoms with van der Waals surface area (Å²) in [4.78, 5) is 10.8. The zero-order chi connectivity index (χ0) is 18.2. The molecule has 25 heavy (non-hydrogen) atoms. The van der Waals surface area contributed by atoms with E-state index in [4.69, 9.17) is 4.74 Å². The van der Waals surface area contributed by atoms with Gasteiger partial charge < -0.3 is 15.2 Å². The van der Waals surface area contributed by atoms with Crippen LogP contribution >= 0.6 is 0 Å². The number of nitrogens with zero attached hydrogens (tertiary/aromatic N) is 1. The van der Waals surface area contributed by atoms with E-state index in [0.717, 1.165) is 11.1 Å². The van der Waals surface area contributed by atoms with E-state index in [-0.39, 0.29) is 17.5 Å². The minimum absolute atomic E-state index is 0.0761. The highest BCUT2D eigenvalue weighted by Gasteiger charge is 2.31. The number of hydrogen-bond acceptors (Lipinski definition) is 5. The highest BCUT2D eigenvalue weighted by molar-refractivity contribution is 5.59. The molecule has 0 saturated carbocycles. The van der Waals surface area contributed by atoms with Crippen molar-refractivity contribution in [2.24, 2.45) is 0 Å². The number of hydrogen-bond donors (Lipinski definition) is 2.